The Kier molecular flexibility index (Phi) is 6.30. The minimum atomic E-state index is -4.34. The maximum absolute atomic E-state index is 11.1. The molecule has 6 nitrogen and oxygen atoms in total. The molecular weight excluding hydrogens is 343 g/mol. The van der Waals surface area contributed by atoms with E-state index in [2.05, 4.69) is 0 Å². The standard InChI is InChI=1S/C12H10O6S2.K.H/c13-19(14,15)11-5-1-3-9(7-11)10-4-2-6-12(8-10)20(16,17)18;;/h1-8H,(H,13,14,15)(H,16,17,18);;. The monoisotopic (exact) mass is 354 g/mol. The minimum absolute atomic E-state index is 0. The zero-order valence-electron chi connectivity index (χ0n) is 9.96. The van der Waals surface area contributed by atoms with E-state index in [0.29, 0.717) is 11.1 Å². The SMILES string of the molecule is O=S(=O)(O)c1cccc(-c2cccc(S(=O)(=O)O)c2)c1.[KH]. The molecule has 9 heteroatoms. The zero-order valence-corrected chi connectivity index (χ0v) is 11.6. The Balaban J connectivity index is 0.00000220. The average molecular weight is 354 g/mol. The summed E-state index contributed by atoms with van der Waals surface area (Å²) in [6, 6.07) is 10.8. The van der Waals surface area contributed by atoms with E-state index in [1.54, 1.807) is 12.1 Å². The van der Waals surface area contributed by atoms with Crippen LogP contribution in [0.1, 0.15) is 0 Å². The third-order valence-electron chi connectivity index (χ3n) is 2.60. The predicted molar refractivity (Wildman–Crippen MR) is 78.7 cm³/mol. The van der Waals surface area contributed by atoms with Gasteiger partial charge in [-0.1, -0.05) is 24.3 Å². The molecule has 0 saturated carbocycles. The molecule has 0 unspecified atom stereocenters. The van der Waals surface area contributed by atoms with Crippen LogP contribution in [0, 0.1) is 0 Å². The fourth-order valence-corrected chi connectivity index (χ4v) is 2.73. The molecule has 108 valence electrons. The van der Waals surface area contributed by atoms with Gasteiger partial charge < -0.3 is 0 Å². The second-order valence-electron chi connectivity index (χ2n) is 4.01. The molecule has 0 fully saturated rings. The van der Waals surface area contributed by atoms with Crippen molar-refractivity contribution in [3.63, 3.8) is 0 Å². The van der Waals surface area contributed by atoms with Crippen molar-refractivity contribution in [1.29, 1.82) is 0 Å². The van der Waals surface area contributed by atoms with Crippen LogP contribution in [0.5, 0.6) is 0 Å². The first-order valence-corrected chi connectivity index (χ1v) is 8.21. The molecule has 0 spiro atoms. The number of hydrogen-bond donors (Lipinski definition) is 2. The third-order valence-corrected chi connectivity index (χ3v) is 4.30. The van der Waals surface area contributed by atoms with Gasteiger partial charge in [-0.25, -0.2) is 0 Å². The summed E-state index contributed by atoms with van der Waals surface area (Å²) in [6.45, 7) is 0. The number of rotatable bonds is 3. The van der Waals surface area contributed by atoms with Gasteiger partial charge in [-0.15, -0.1) is 0 Å². The molecule has 0 aromatic heterocycles. The molecule has 21 heavy (non-hydrogen) atoms. The van der Waals surface area contributed by atoms with Gasteiger partial charge in [0.1, 0.15) is 0 Å². The normalized spacial score (nSPS) is 11.7. The van der Waals surface area contributed by atoms with E-state index in [0.717, 1.165) is 0 Å². The van der Waals surface area contributed by atoms with Crippen molar-refractivity contribution in [1.82, 2.24) is 0 Å². The molecule has 0 bridgehead atoms. The molecule has 2 aromatic rings. The Morgan fingerprint density at radius 3 is 1.29 bits per heavy atom. The van der Waals surface area contributed by atoms with E-state index in [1.807, 2.05) is 0 Å². The summed E-state index contributed by atoms with van der Waals surface area (Å²) < 4.78 is 62.2. The molecule has 2 N–H and O–H groups in total. The van der Waals surface area contributed by atoms with Crippen molar-refractivity contribution in [2.24, 2.45) is 0 Å². The molecule has 0 saturated heterocycles. The Morgan fingerprint density at radius 1 is 0.667 bits per heavy atom. The Morgan fingerprint density at radius 2 is 1.00 bits per heavy atom. The molecule has 0 radical (unpaired) electrons. The van der Waals surface area contributed by atoms with E-state index in [4.69, 9.17) is 9.11 Å². The molecule has 0 aliphatic heterocycles. The summed E-state index contributed by atoms with van der Waals surface area (Å²) >= 11 is 0. The van der Waals surface area contributed by atoms with Crippen molar-refractivity contribution < 1.29 is 25.9 Å². The summed E-state index contributed by atoms with van der Waals surface area (Å²) in [5, 5.41) is 0. The Labute approximate surface area is 165 Å². The van der Waals surface area contributed by atoms with E-state index in [-0.39, 0.29) is 61.2 Å². The first-order chi connectivity index (χ1) is 9.18. The molecular formula is C12H11KO6S2. The van der Waals surface area contributed by atoms with Gasteiger partial charge in [-0.05, 0) is 35.4 Å². The third kappa shape index (κ3) is 4.95. The van der Waals surface area contributed by atoms with Crippen LogP contribution in [0.4, 0.5) is 0 Å². The van der Waals surface area contributed by atoms with Crippen LogP contribution < -0.4 is 0 Å². The fourth-order valence-electron chi connectivity index (χ4n) is 1.67. The maximum atomic E-state index is 11.1. The quantitative estimate of drug-likeness (QED) is 0.633. The summed E-state index contributed by atoms with van der Waals surface area (Å²) in [5.74, 6) is 0. The van der Waals surface area contributed by atoms with Crippen LogP contribution in [0.15, 0.2) is 58.3 Å². The first kappa shape index (κ1) is 18.9. The van der Waals surface area contributed by atoms with Crippen LogP contribution in [-0.4, -0.2) is 77.3 Å². The van der Waals surface area contributed by atoms with E-state index in [1.165, 1.54) is 36.4 Å². The summed E-state index contributed by atoms with van der Waals surface area (Å²) in [6.07, 6.45) is 0. The molecule has 0 aliphatic carbocycles. The van der Waals surface area contributed by atoms with E-state index >= 15 is 0 Å². The van der Waals surface area contributed by atoms with Crippen LogP contribution in [0.2, 0.25) is 0 Å². The van der Waals surface area contributed by atoms with Crippen LogP contribution in [0.25, 0.3) is 11.1 Å². The summed E-state index contributed by atoms with van der Waals surface area (Å²) in [4.78, 5) is -0.598. The van der Waals surface area contributed by atoms with E-state index in [9.17, 15) is 16.8 Å². The van der Waals surface area contributed by atoms with Crippen LogP contribution in [0.3, 0.4) is 0 Å². The van der Waals surface area contributed by atoms with Gasteiger partial charge in [0.25, 0.3) is 20.2 Å². The van der Waals surface area contributed by atoms with Crippen LogP contribution >= 0.6 is 0 Å². The summed E-state index contributed by atoms with van der Waals surface area (Å²) in [7, 11) is -8.68. The second kappa shape index (κ2) is 6.98. The number of benzene rings is 2. The molecule has 0 amide bonds. The van der Waals surface area contributed by atoms with Gasteiger partial charge in [0.15, 0.2) is 0 Å². The fraction of sp³-hybridized carbons (Fsp3) is 0. The van der Waals surface area contributed by atoms with Gasteiger partial charge in [0.2, 0.25) is 0 Å². The van der Waals surface area contributed by atoms with Gasteiger partial charge in [-0.3, -0.25) is 9.11 Å². The zero-order chi connectivity index (χ0) is 15.0. The van der Waals surface area contributed by atoms with Crippen LogP contribution in [-0.2, 0) is 20.2 Å². The summed E-state index contributed by atoms with van der Waals surface area (Å²) in [5.41, 5.74) is 0.788. The van der Waals surface area contributed by atoms with Crippen molar-refractivity contribution in [3.8, 4) is 11.1 Å². The predicted octanol–water partition coefficient (Wildman–Crippen LogP) is 1.20. The first-order valence-electron chi connectivity index (χ1n) is 5.33. The van der Waals surface area contributed by atoms with Crippen molar-refractivity contribution >= 4 is 71.6 Å². The van der Waals surface area contributed by atoms with Gasteiger partial charge in [0.05, 0.1) is 9.79 Å². The number of hydrogen-bond acceptors (Lipinski definition) is 4. The molecule has 0 heterocycles. The average Bonchev–Trinajstić information content (AvgIpc) is 2.37. The topological polar surface area (TPSA) is 109 Å². The van der Waals surface area contributed by atoms with Gasteiger partial charge in [-0.2, -0.15) is 16.8 Å². The molecule has 0 aliphatic rings. The molecule has 2 rings (SSSR count). The van der Waals surface area contributed by atoms with Gasteiger partial charge in [0, 0.05) is 0 Å². The van der Waals surface area contributed by atoms with E-state index < -0.39 is 20.2 Å². The second-order valence-corrected chi connectivity index (χ2v) is 6.85. The van der Waals surface area contributed by atoms with Gasteiger partial charge >= 0.3 is 51.4 Å². The Hall–Kier alpha value is -0.104. The van der Waals surface area contributed by atoms with Crippen molar-refractivity contribution in [2.75, 3.05) is 0 Å². The Bertz CT molecular complexity index is 785. The van der Waals surface area contributed by atoms with Crippen molar-refractivity contribution in [2.45, 2.75) is 9.79 Å². The van der Waals surface area contributed by atoms with Crippen molar-refractivity contribution in [3.05, 3.63) is 48.5 Å². The molecule has 2 aromatic carbocycles. The molecule has 0 atom stereocenters.